The van der Waals surface area contributed by atoms with Crippen LogP contribution < -0.4 is 5.32 Å². The molecule has 0 fully saturated rings. The van der Waals surface area contributed by atoms with E-state index in [-0.39, 0.29) is 6.61 Å². The third kappa shape index (κ3) is 5.38. The maximum absolute atomic E-state index is 8.82. The van der Waals surface area contributed by atoms with Gasteiger partial charge in [-0.15, -0.1) is 0 Å². The van der Waals surface area contributed by atoms with Gasteiger partial charge in [0.1, 0.15) is 5.82 Å². The Kier molecular flexibility index (Phi) is 7.32. The fourth-order valence-electron chi connectivity index (χ4n) is 1.79. The summed E-state index contributed by atoms with van der Waals surface area (Å²) in [6.07, 6.45) is 4.07. The molecule has 0 aliphatic heterocycles. The second-order valence-electron chi connectivity index (χ2n) is 4.80. The topological polar surface area (TPSA) is 60.9 Å². The van der Waals surface area contributed by atoms with Crippen molar-refractivity contribution in [2.75, 3.05) is 13.2 Å². The second kappa shape index (κ2) is 8.51. The van der Waals surface area contributed by atoms with Crippen molar-refractivity contribution in [3.63, 3.8) is 0 Å². The van der Waals surface area contributed by atoms with Crippen LogP contribution in [0.15, 0.2) is 0 Å². The maximum atomic E-state index is 8.82. The summed E-state index contributed by atoms with van der Waals surface area (Å²) in [4.78, 5) is 7.58. The summed E-state index contributed by atoms with van der Waals surface area (Å²) in [5.74, 6) is 1.44. The molecule has 0 bridgehead atoms. The van der Waals surface area contributed by atoms with Gasteiger partial charge in [-0.25, -0.2) is 4.98 Å². The van der Waals surface area contributed by atoms with Gasteiger partial charge in [0.25, 0.3) is 0 Å². The molecule has 0 aromatic carbocycles. The molecule has 18 heavy (non-hydrogen) atoms. The molecule has 4 nitrogen and oxygen atoms in total. The Bertz CT molecular complexity index is 341. The summed E-state index contributed by atoms with van der Waals surface area (Å²) in [6.45, 7) is 6.10. The number of nitrogens with one attached hydrogen (secondary N) is 2. The van der Waals surface area contributed by atoms with E-state index in [1.807, 2.05) is 0 Å². The van der Waals surface area contributed by atoms with Crippen LogP contribution in [0.4, 0.5) is 0 Å². The van der Waals surface area contributed by atoms with Crippen LogP contribution >= 0.6 is 11.6 Å². The SMILES string of the molecule is CCCCc1nc(Cl)c(CNCC(C)CCO)[nH]1. The van der Waals surface area contributed by atoms with E-state index in [0.717, 1.165) is 43.7 Å². The highest BCUT2D eigenvalue weighted by atomic mass is 35.5. The standard InChI is InChI=1S/C13H24ClN3O/c1-3-4-5-12-16-11(13(14)17-12)9-15-8-10(2)6-7-18/h10,15,18H,3-9H2,1-2H3,(H,16,17). The number of halogens is 1. The van der Waals surface area contributed by atoms with Gasteiger partial charge >= 0.3 is 0 Å². The number of unbranched alkanes of at least 4 members (excludes halogenated alkanes) is 1. The van der Waals surface area contributed by atoms with Crippen molar-refractivity contribution in [1.29, 1.82) is 0 Å². The fraction of sp³-hybridized carbons (Fsp3) is 0.769. The van der Waals surface area contributed by atoms with Crippen molar-refractivity contribution < 1.29 is 5.11 Å². The summed E-state index contributed by atoms with van der Waals surface area (Å²) < 4.78 is 0. The number of hydrogen-bond acceptors (Lipinski definition) is 3. The van der Waals surface area contributed by atoms with E-state index in [0.29, 0.717) is 17.6 Å². The van der Waals surface area contributed by atoms with Crippen molar-refractivity contribution in [3.05, 3.63) is 16.7 Å². The first-order chi connectivity index (χ1) is 8.67. The molecule has 0 saturated heterocycles. The number of aromatic nitrogens is 2. The first kappa shape index (κ1) is 15.5. The van der Waals surface area contributed by atoms with Crippen LogP contribution in [0.5, 0.6) is 0 Å². The highest BCUT2D eigenvalue weighted by Crippen LogP contribution is 2.14. The number of aliphatic hydroxyl groups excluding tert-OH is 1. The van der Waals surface area contributed by atoms with Gasteiger partial charge in [-0.2, -0.15) is 0 Å². The second-order valence-corrected chi connectivity index (χ2v) is 5.16. The number of H-pyrrole nitrogens is 1. The smallest absolute Gasteiger partial charge is 0.151 e. The van der Waals surface area contributed by atoms with Crippen molar-refractivity contribution >= 4 is 11.6 Å². The fourth-order valence-corrected chi connectivity index (χ4v) is 2.00. The van der Waals surface area contributed by atoms with E-state index < -0.39 is 0 Å². The lowest BCUT2D eigenvalue weighted by molar-refractivity contribution is 0.260. The number of aromatic amines is 1. The van der Waals surface area contributed by atoms with Crippen LogP contribution in [-0.2, 0) is 13.0 Å². The van der Waals surface area contributed by atoms with E-state index >= 15 is 0 Å². The highest BCUT2D eigenvalue weighted by molar-refractivity contribution is 6.30. The van der Waals surface area contributed by atoms with Gasteiger partial charge in [0, 0.05) is 19.6 Å². The van der Waals surface area contributed by atoms with Crippen LogP contribution in [0.3, 0.4) is 0 Å². The molecule has 0 aliphatic carbocycles. The summed E-state index contributed by atoms with van der Waals surface area (Å²) in [5, 5.41) is 12.7. The third-order valence-electron chi connectivity index (χ3n) is 2.96. The van der Waals surface area contributed by atoms with Gasteiger partial charge < -0.3 is 15.4 Å². The van der Waals surface area contributed by atoms with E-state index in [1.165, 1.54) is 0 Å². The Morgan fingerprint density at radius 3 is 2.94 bits per heavy atom. The summed E-state index contributed by atoms with van der Waals surface area (Å²) in [7, 11) is 0. The van der Waals surface area contributed by atoms with Gasteiger partial charge in [0.05, 0.1) is 5.69 Å². The Balaban J connectivity index is 2.35. The normalized spacial score (nSPS) is 12.9. The maximum Gasteiger partial charge on any atom is 0.151 e. The largest absolute Gasteiger partial charge is 0.396 e. The predicted molar refractivity (Wildman–Crippen MR) is 74.8 cm³/mol. The molecule has 1 aromatic heterocycles. The lowest BCUT2D eigenvalue weighted by Crippen LogP contribution is -2.21. The minimum Gasteiger partial charge on any atom is -0.396 e. The predicted octanol–water partition coefficient (Wildman–Crippen LogP) is 2.51. The van der Waals surface area contributed by atoms with Gasteiger partial charge in [-0.3, -0.25) is 0 Å². The van der Waals surface area contributed by atoms with E-state index in [9.17, 15) is 0 Å². The first-order valence-corrected chi connectivity index (χ1v) is 7.10. The molecule has 5 heteroatoms. The zero-order valence-electron chi connectivity index (χ0n) is 11.3. The molecule has 3 N–H and O–H groups in total. The van der Waals surface area contributed by atoms with E-state index in [2.05, 4.69) is 29.1 Å². The Morgan fingerprint density at radius 2 is 2.28 bits per heavy atom. The van der Waals surface area contributed by atoms with Gasteiger partial charge in [-0.05, 0) is 25.3 Å². The average Bonchev–Trinajstić information content (AvgIpc) is 2.68. The molecule has 1 aromatic rings. The quantitative estimate of drug-likeness (QED) is 0.648. The zero-order chi connectivity index (χ0) is 13.4. The number of aryl methyl sites for hydroxylation is 1. The minimum absolute atomic E-state index is 0.245. The molecule has 0 saturated carbocycles. The zero-order valence-corrected chi connectivity index (χ0v) is 12.1. The van der Waals surface area contributed by atoms with Gasteiger partial charge in [0.15, 0.2) is 5.15 Å². The molecule has 0 amide bonds. The molecule has 104 valence electrons. The van der Waals surface area contributed by atoms with E-state index in [4.69, 9.17) is 16.7 Å². The monoisotopic (exact) mass is 273 g/mol. The van der Waals surface area contributed by atoms with Crippen LogP contribution in [0.1, 0.15) is 44.6 Å². The van der Waals surface area contributed by atoms with Gasteiger partial charge in [-0.1, -0.05) is 31.9 Å². The average molecular weight is 274 g/mol. The van der Waals surface area contributed by atoms with Crippen LogP contribution in [0.2, 0.25) is 5.15 Å². The van der Waals surface area contributed by atoms with Crippen LogP contribution in [0, 0.1) is 5.92 Å². The summed E-state index contributed by atoms with van der Waals surface area (Å²) >= 11 is 6.08. The number of nitrogens with zero attached hydrogens (tertiary/aromatic N) is 1. The van der Waals surface area contributed by atoms with Gasteiger partial charge in [0.2, 0.25) is 0 Å². The summed E-state index contributed by atoms with van der Waals surface area (Å²) in [6, 6.07) is 0. The Hall–Kier alpha value is -0.580. The Labute approximate surface area is 114 Å². The van der Waals surface area contributed by atoms with Crippen LogP contribution in [0.25, 0.3) is 0 Å². The Morgan fingerprint density at radius 1 is 1.50 bits per heavy atom. The number of hydrogen-bond donors (Lipinski definition) is 3. The molecule has 1 unspecified atom stereocenters. The lowest BCUT2D eigenvalue weighted by atomic mass is 10.1. The lowest BCUT2D eigenvalue weighted by Gasteiger charge is -2.10. The summed E-state index contributed by atoms with van der Waals surface area (Å²) in [5.41, 5.74) is 0.957. The number of aliphatic hydroxyl groups is 1. The van der Waals surface area contributed by atoms with Crippen LogP contribution in [-0.4, -0.2) is 28.2 Å². The van der Waals surface area contributed by atoms with E-state index in [1.54, 1.807) is 0 Å². The molecule has 0 spiro atoms. The molecule has 1 atom stereocenters. The first-order valence-electron chi connectivity index (χ1n) is 6.72. The molecule has 0 radical (unpaired) electrons. The third-order valence-corrected chi connectivity index (χ3v) is 3.27. The molecular formula is C13H24ClN3O. The molecule has 0 aliphatic rings. The highest BCUT2D eigenvalue weighted by Gasteiger charge is 2.08. The molecular weight excluding hydrogens is 250 g/mol. The molecule has 1 rings (SSSR count). The molecule has 1 heterocycles. The minimum atomic E-state index is 0.245. The van der Waals surface area contributed by atoms with Crippen molar-refractivity contribution in [1.82, 2.24) is 15.3 Å². The number of rotatable bonds is 9. The number of imidazole rings is 1. The van der Waals surface area contributed by atoms with Crippen molar-refractivity contribution in [2.24, 2.45) is 5.92 Å². The van der Waals surface area contributed by atoms with Crippen molar-refractivity contribution in [2.45, 2.75) is 46.1 Å². The van der Waals surface area contributed by atoms with Crippen molar-refractivity contribution in [3.8, 4) is 0 Å².